The Bertz CT molecular complexity index is 1470. The van der Waals surface area contributed by atoms with Crippen molar-refractivity contribution in [2.45, 2.75) is 39.4 Å². The summed E-state index contributed by atoms with van der Waals surface area (Å²) in [5.74, 6) is 0.448. The minimum absolute atomic E-state index is 0.0595. The zero-order valence-electron chi connectivity index (χ0n) is 21.8. The van der Waals surface area contributed by atoms with Crippen molar-refractivity contribution < 1.29 is 19.1 Å². The van der Waals surface area contributed by atoms with E-state index >= 15 is 0 Å². The van der Waals surface area contributed by atoms with Crippen molar-refractivity contribution >= 4 is 40.2 Å². The van der Waals surface area contributed by atoms with Gasteiger partial charge in [0.05, 0.1) is 24.2 Å². The fourth-order valence-corrected chi connectivity index (χ4v) is 5.92. The van der Waals surface area contributed by atoms with Gasteiger partial charge in [-0.1, -0.05) is 30.3 Å². The van der Waals surface area contributed by atoms with Crippen LogP contribution in [-0.2, 0) is 29.1 Å². The Kier molecular flexibility index (Phi) is 6.92. The Hall–Kier alpha value is -3.78. The van der Waals surface area contributed by atoms with Crippen LogP contribution in [0.3, 0.4) is 0 Å². The molecule has 0 radical (unpaired) electrons. The molecule has 38 heavy (non-hydrogen) atoms. The van der Waals surface area contributed by atoms with E-state index < -0.39 is 0 Å². The van der Waals surface area contributed by atoms with E-state index in [2.05, 4.69) is 11.9 Å². The van der Waals surface area contributed by atoms with Crippen molar-refractivity contribution in [2.24, 2.45) is 0 Å². The molecule has 1 fully saturated rings. The number of nitrogens with one attached hydrogen (secondary N) is 1. The summed E-state index contributed by atoms with van der Waals surface area (Å²) in [4.78, 5) is 42.2. The first kappa shape index (κ1) is 25.9. The van der Waals surface area contributed by atoms with E-state index in [0.29, 0.717) is 43.2 Å². The normalized spacial score (nSPS) is 15.2. The van der Waals surface area contributed by atoms with Gasteiger partial charge in [0, 0.05) is 47.8 Å². The van der Waals surface area contributed by atoms with Crippen LogP contribution < -0.4 is 10.1 Å². The quantitative estimate of drug-likeness (QED) is 0.489. The highest BCUT2D eigenvalue weighted by Crippen LogP contribution is 2.34. The van der Waals surface area contributed by atoms with Gasteiger partial charge in [0.15, 0.2) is 0 Å². The molecule has 5 rings (SSSR count). The topological polar surface area (TPSA) is 83.9 Å². The molecule has 0 saturated carbocycles. The van der Waals surface area contributed by atoms with Crippen LogP contribution >= 0.6 is 11.6 Å². The number of likely N-dealkylation sites (tertiary alicyclic amines) is 1. The highest BCUT2D eigenvalue weighted by molar-refractivity contribution is 6.31. The number of amides is 3. The van der Waals surface area contributed by atoms with Gasteiger partial charge in [0.2, 0.25) is 11.8 Å². The van der Waals surface area contributed by atoms with Gasteiger partial charge in [-0.05, 0) is 55.7 Å². The van der Waals surface area contributed by atoms with E-state index in [1.807, 2.05) is 53.6 Å². The summed E-state index contributed by atoms with van der Waals surface area (Å²) in [7, 11) is 1.66. The van der Waals surface area contributed by atoms with Gasteiger partial charge in [-0.25, -0.2) is 0 Å². The smallest absolute Gasteiger partial charge is 0.256 e. The van der Waals surface area contributed by atoms with Crippen molar-refractivity contribution in [3.8, 4) is 5.75 Å². The second kappa shape index (κ2) is 10.2. The molecule has 3 aromatic rings. The van der Waals surface area contributed by atoms with Crippen molar-refractivity contribution in [3.05, 3.63) is 76.0 Å². The minimum Gasteiger partial charge on any atom is -0.496 e. The van der Waals surface area contributed by atoms with Gasteiger partial charge in [0.25, 0.3) is 5.91 Å². The van der Waals surface area contributed by atoms with Gasteiger partial charge >= 0.3 is 0 Å². The number of halogens is 1. The lowest BCUT2D eigenvalue weighted by Gasteiger charge is -2.38. The van der Waals surface area contributed by atoms with Crippen LogP contribution in [0.4, 0.5) is 0 Å². The average Bonchev–Trinajstić information content (AvgIpc) is 3.14. The molecule has 0 unspecified atom stereocenters. The van der Waals surface area contributed by atoms with E-state index in [0.717, 1.165) is 39.0 Å². The third-order valence-corrected chi connectivity index (χ3v) is 7.77. The van der Waals surface area contributed by atoms with E-state index in [9.17, 15) is 14.4 Å². The number of aromatic nitrogens is 1. The molecule has 2 aromatic carbocycles. The Morgan fingerprint density at radius 3 is 2.66 bits per heavy atom. The molecule has 1 N–H and O–H groups in total. The van der Waals surface area contributed by atoms with Crippen LogP contribution in [0.2, 0.25) is 5.02 Å². The average molecular weight is 535 g/mol. The van der Waals surface area contributed by atoms with Crippen LogP contribution in [0.1, 0.15) is 32.7 Å². The van der Waals surface area contributed by atoms with E-state index in [1.54, 1.807) is 12.0 Å². The summed E-state index contributed by atoms with van der Waals surface area (Å²) in [5.41, 5.74) is 5.21. The van der Waals surface area contributed by atoms with Crippen LogP contribution in [0.15, 0.2) is 43.0 Å². The number of hydrogen-bond acceptors (Lipinski definition) is 4. The minimum atomic E-state index is -0.173. The molecule has 1 aromatic heterocycles. The van der Waals surface area contributed by atoms with Gasteiger partial charge in [-0.3, -0.25) is 14.4 Å². The molecule has 2 aliphatic rings. The second-order valence-electron chi connectivity index (χ2n) is 9.95. The lowest BCUT2D eigenvalue weighted by Crippen LogP contribution is -2.61. The Labute approximate surface area is 226 Å². The zero-order chi connectivity index (χ0) is 27.1. The fourth-order valence-electron chi connectivity index (χ4n) is 5.64. The number of fused-ring (bicyclic) bond motifs is 2. The van der Waals surface area contributed by atoms with Crippen LogP contribution in [-0.4, -0.2) is 64.9 Å². The Morgan fingerprint density at radius 2 is 1.95 bits per heavy atom. The van der Waals surface area contributed by atoms with Gasteiger partial charge in [-0.15, -0.1) is 0 Å². The first-order valence-electron chi connectivity index (χ1n) is 12.7. The molecule has 0 bridgehead atoms. The van der Waals surface area contributed by atoms with E-state index in [4.69, 9.17) is 16.3 Å². The third kappa shape index (κ3) is 4.53. The molecule has 9 heteroatoms. The maximum absolute atomic E-state index is 14.0. The number of benzene rings is 2. The molecule has 2 aliphatic heterocycles. The molecule has 3 heterocycles. The number of ether oxygens (including phenoxy) is 1. The fraction of sp³-hybridized carbons (Fsp3) is 0.345. The molecule has 3 amide bonds. The summed E-state index contributed by atoms with van der Waals surface area (Å²) < 4.78 is 7.41. The second-order valence-corrected chi connectivity index (χ2v) is 10.4. The standard InChI is InChI=1S/C29H31ClN4O4/c1-5-26(36)33-14-21(15-33)31-25(35)16-34-18(3)27(23-12-20(30)11-17(2)28(23)34)29(37)32-10-9-22-19(13-32)7-6-8-24(22)38-4/h5-8,11-12,21H,1,9-10,13-16H2,2-4H3,(H,31,35). The first-order chi connectivity index (χ1) is 18.2. The number of nitrogens with zero attached hydrogens (tertiary/aromatic N) is 3. The van der Waals surface area contributed by atoms with Crippen molar-refractivity contribution in [1.82, 2.24) is 19.7 Å². The molecular formula is C29H31ClN4O4. The molecule has 1 saturated heterocycles. The number of rotatable bonds is 6. The highest BCUT2D eigenvalue weighted by atomic mass is 35.5. The first-order valence-corrected chi connectivity index (χ1v) is 13.0. The van der Waals surface area contributed by atoms with Crippen molar-refractivity contribution in [2.75, 3.05) is 26.7 Å². The summed E-state index contributed by atoms with van der Waals surface area (Å²) in [5, 5.41) is 4.29. The predicted octanol–water partition coefficient (Wildman–Crippen LogP) is 3.63. The monoisotopic (exact) mass is 534 g/mol. The largest absolute Gasteiger partial charge is 0.496 e. The molecule has 198 valence electrons. The Morgan fingerprint density at radius 1 is 1.18 bits per heavy atom. The van der Waals surface area contributed by atoms with Crippen LogP contribution in [0, 0.1) is 13.8 Å². The lowest BCUT2D eigenvalue weighted by atomic mass is 9.97. The van der Waals surface area contributed by atoms with Crippen molar-refractivity contribution in [1.29, 1.82) is 0 Å². The maximum Gasteiger partial charge on any atom is 0.256 e. The Balaban J connectivity index is 1.43. The number of aryl methyl sites for hydroxylation is 1. The molecular weight excluding hydrogens is 504 g/mol. The SMILES string of the molecule is C=CC(=O)N1CC(NC(=O)Cn2c(C)c(C(=O)N3CCc4c(cccc4OC)C3)c3cc(Cl)cc(C)c32)C1. The number of carbonyl (C=O) groups excluding carboxylic acids is 3. The zero-order valence-corrected chi connectivity index (χ0v) is 22.6. The summed E-state index contributed by atoms with van der Waals surface area (Å²) in [6.07, 6.45) is 1.98. The summed E-state index contributed by atoms with van der Waals surface area (Å²) >= 11 is 6.43. The maximum atomic E-state index is 14.0. The van der Waals surface area contributed by atoms with Crippen LogP contribution in [0.5, 0.6) is 5.75 Å². The third-order valence-electron chi connectivity index (χ3n) is 7.55. The van der Waals surface area contributed by atoms with Crippen molar-refractivity contribution in [3.63, 3.8) is 0 Å². The molecule has 0 spiro atoms. The van der Waals surface area contributed by atoms with E-state index in [1.165, 1.54) is 6.08 Å². The molecule has 0 aliphatic carbocycles. The van der Waals surface area contributed by atoms with Crippen LogP contribution in [0.25, 0.3) is 10.9 Å². The van der Waals surface area contributed by atoms with E-state index in [-0.39, 0.29) is 30.3 Å². The summed E-state index contributed by atoms with van der Waals surface area (Å²) in [6.45, 7) is 9.35. The number of methoxy groups -OCH3 is 1. The van der Waals surface area contributed by atoms with Gasteiger partial charge < -0.3 is 24.4 Å². The lowest BCUT2D eigenvalue weighted by molar-refractivity contribution is -0.133. The predicted molar refractivity (Wildman–Crippen MR) is 147 cm³/mol. The molecule has 0 atom stereocenters. The number of hydrogen-bond donors (Lipinski definition) is 1. The summed E-state index contributed by atoms with van der Waals surface area (Å²) in [6, 6.07) is 9.48. The van der Waals surface area contributed by atoms with Gasteiger partial charge in [-0.2, -0.15) is 0 Å². The highest BCUT2D eigenvalue weighted by Gasteiger charge is 2.32. The number of carbonyl (C=O) groups is 3. The van der Waals surface area contributed by atoms with Gasteiger partial charge in [0.1, 0.15) is 12.3 Å². The molecule has 8 nitrogen and oxygen atoms in total.